The lowest BCUT2D eigenvalue weighted by Crippen LogP contribution is -1.98. The normalized spacial score (nSPS) is 10.6. The number of hydrogen-bond donors (Lipinski definition) is 2. The van der Waals surface area contributed by atoms with E-state index < -0.39 is 5.97 Å². The third-order valence-electron chi connectivity index (χ3n) is 2.01. The van der Waals surface area contributed by atoms with Crippen LogP contribution in [0.4, 0.5) is 5.69 Å². The van der Waals surface area contributed by atoms with Crippen LogP contribution in [0.25, 0.3) is 11.0 Å². The molecule has 0 spiro atoms. The fourth-order valence-electron chi connectivity index (χ4n) is 1.46. The summed E-state index contributed by atoms with van der Waals surface area (Å²) in [5.74, 6) is -0.323. The van der Waals surface area contributed by atoms with Crippen LogP contribution in [0.1, 0.15) is 16.1 Å². The molecule has 0 aliphatic carbocycles. The first kappa shape index (κ1) is 8.62. The molecule has 14 heavy (non-hydrogen) atoms. The second-order valence-corrected chi connectivity index (χ2v) is 3.14. The van der Waals surface area contributed by atoms with E-state index in [1.807, 2.05) is 0 Å². The summed E-state index contributed by atoms with van der Waals surface area (Å²) >= 11 is 0. The Balaban J connectivity index is 2.85. The number of fused-ring (bicyclic) bond motifs is 1. The second kappa shape index (κ2) is 2.77. The molecule has 0 aliphatic heterocycles. The number of benzene rings is 1. The van der Waals surface area contributed by atoms with Gasteiger partial charge in [0.1, 0.15) is 11.3 Å². The molecule has 0 unspecified atom stereocenters. The van der Waals surface area contributed by atoms with E-state index in [9.17, 15) is 4.79 Å². The van der Waals surface area contributed by atoms with Gasteiger partial charge in [0.15, 0.2) is 0 Å². The Labute approximate surface area is 79.9 Å². The highest BCUT2D eigenvalue weighted by atomic mass is 16.4. The molecule has 2 aromatic rings. The molecular formula is C10H9NO3. The average Bonchev–Trinajstić information content (AvgIpc) is 2.42. The monoisotopic (exact) mass is 191 g/mol. The van der Waals surface area contributed by atoms with Gasteiger partial charge < -0.3 is 15.3 Å². The maximum Gasteiger partial charge on any atom is 0.336 e. The highest BCUT2D eigenvalue weighted by Crippen LogP contribution is 2.25. The van der Waals surface area contributed by atoms with Gasteiger partial charge in [0.05, 0.1) is 5.56 Å². The summed E-state index contributed by atoms with van der Waals surface area (Å²) in [6, 6.07) is 4.74. The summed E-state index contributed by atoms with van der Waals surface area (Å²) in [7, 11) is 0. The van der Waals surface area contributed by atoms with Crippen LogP contribution in [0.3, 0.4) is 0 Å². The summed E-state index contributed by atoms with van der Waals surface area (Å²) in [4.78, 5) is 10.9. The number of rotatable bonds is 1. The van der Waals surface area contributed by atoms with Gasteiger partial charge in [-0.15, -0.1) is 0 Å². The molecule has 0 fully saturated rings. The molecule has 0 bridgehead atoms. The molecule has 2 rings (SSSR count). The predicted octanol–water partition coefficient (Wildman–Crippen LogP) is 2.02. The van der Waals surface area contributed by atoms with Crippen molar-refractivity contribution in [2.45, 2.75) is 6.92 Å². The minimum Gasteiger partial charge on any atom is -0.478 e. The van der Waals surface area contributed by atoms with Crippen molar-refractivity contribution >= 4 is 22.6 Å². The maximum absolute atomic E-state index is 10.9. The molecule has 3 N–H and O–H groups in total. The van der Waals surface area contributed by atoms with Crippen LogP contribution in [-0.2, 0) is 0 Å². The lowest BCUT2D eigenvalue weighted by atomic mass is 10.1. The van der Waals surface area contributed by atoms with Crippen molar-refractivity contribution in [1.29, 1.82) is 0 Å². The van der Waals surface area contributed by atoms with Gasteiger partial charge in [0.2, 0.25) is 0 Å². The van der Waals surface area contributed by atoms with Crippen LogP contribution in [0, 0.1) is 6.92 Å². The Morgan fingerprint density at radius 1 is 1.43 bits per heavy atom. The number of aromatic carboxylic acids is 1. The van der Waals surface area contributed by atoms with Gasteiger partial charge in [-0.3, -0.25) is 0 Å². The smallest absolute Gasteiger partial charge is 0.336 e. The van der Waals surface area contributed by atoms with E-state index in [-0.39, 0.29) is 5.56 Å². The van der Waals surface area contributed by atoms with E-state index in [2.05, 4.69) is 0 Å². The first-order valence-corrected chi connectivity index (χ1v) is 4.11. The number of carboxylic acid groups (broad SMARTS) is 1. The van der Waals surface area contributed by atoms with Crippen LogP contribution in [-0.4, -0.2) is 11.1 Å². The number of nitrogen functional groups attached to an aromatic ring is 1. The molecule has 0 aliphatic rings. The number of carbonyl (C=O) groups is 1. The van der Waals surface area contributed by atoms with Crippen LogP contribution in [0.15, 0.2) is 22.6 Å². The molecule has 0 saturated heterocycles. The molecule has 72 valence electrons. The molecule has 0 radical (unpaired) electrons. The molecule has 0 saturated carbocycles. The molecule has 0 atom stereocenters. The van der Waals surface area contributed by atoms with E-state index in [4.69, 9.17) is 15.3 Å². The number of aryl methyl sites for hydroxylation is 1. The van der Waals surface area contributed by atoms with Crippen molar-refractivity contribution in [2.75, 3.05) is 5.73 Å². The number of furan rings is 1. The van der Waals surface area contributed by atoms with Crippen LogP contribution >= 0.6 is 0 Å². The second-order valence-electron chi connectivity index (χ2n) is 3.14. The lowest BCUT2D eigenvalue weighted by Gasteiger charge is -1.98. The van der Waals surface area contributed by atoms with E-state index in [0.717, 1.165) is 0 Å². The van der Waals surface area contributed by atoms with Gasteiger partial charge in [-0.25, -0.2) is 4.79 Å². The fourth-order valence-corrected chi connectivity index (χ4v) is 1.46. The third kappa shape index (κ3) is 1.21. The Morgan fingerprint density at radius 2 is 2.14 bits per heavy atom. The summed E-state index contributed by atoms with van der Waals surface area (Å²) < 4.78 is 5.30. The van der Waals surface area contributed by atoms with Gasteiger partial charge in [-0.2, -0.15) is 0 Å². The van der Waals surface area contributed by atoms with Crippen LogP contribution in [0.5, 0.6) is 0 Å². The number of nitrogens with two attached hydrogens (primary N) is 1. The van der Waals surface area contributed by atoms with Crippen LogP contribution in [0.2, 0.25) is 0 Å². The Kier molecular flexibility index (Phi) is 1.70. The van der Waals surface area contributed by atoms with Crippen molar-refractivity contribution < 1.29 is 14.3 Å². The minimum absolute atomic E-state index is 0.178. The lowest BCUT2D eigenvalue weighted by molar-refractivity contribution is 0.0699. The summed E-state index contributed by atoms with van der Waals surface area (Å²) in [6.45, 7) is 1.77. The average molecular weight is 191 g/mol. The molecule has 1 aromatic carbocycles. The number of carboxylic acids is 1. The zero-order valence-electron chi connectivity index (χ0n) is 7.57. The first-order valence-electron chi connectivity index (χ1n) is 4.11. The van der Waals surface area contributed by atoms with E-state index in [1.54, 1.807) is 19.1 Å². The van der Waals surface area contributed by atoms with E-state index in [0.29, 0.717) is 22.4 Å². The summed E-state index contributed by atoms with van der Waals surface area (Å²) in [5, 5.41) is 9.51. The zero-order valence-corrected chi connectivity index (χ0v) is 7.57. The number of hydrogen-bond acceptors (Lipinski definition) is 3. The van der Waals surface area contributed by atoms with Gasteiger partial charge in [-0.05, 0) is 19.1 Å². The number of anilines is 1. The van der Waals surface area contributed by atoms with E-state index in [1.165, 1.54) is 6.07 Å². The van der Waals surface area contributed by atoms with Crippen molar-refractivity contribution in [3.8, 4) is 0 Å². The molecule has 4 nitrogen and oxygen atoms in total. The Bertz CT molecular complexity index is 513. The molecular weight excluding hydrogens is 182 g/mol. The first-order chi connectivity index (χ1) is 6.58. The summed E-state index contributed by atoms with van der Waals surface area (Å²) in [5.41, 5.74) is 6.63. The molecule has 1 aromatic heterocycles. The van der Waals surface area contributed by atoms with Gasteiger partial charge >= 0.3 is 5.97 Å². The van der Waals surface area contributed by atoms with Crippen molar-refractivity contribution in [3.63, 3.8) is 0 Å². The van der Waals surface area contributed by atoms with Gasteiger partial charge in [0.25, 0.3) is 0 Å². The van der Waals surface area contributed by atoms with Crippen molar-refractivity contribution in [1.82, 2.24) is 0 Å². The quantitative estimate of drug-likeness (QED) is 0.676. The molecule has 4 heteroatoms. The topological polar surface area (TPSA) is 76.5 Å². The summed E-state index contributed by atoms with van der Waals surface area (Å²) in [6.07, 6.45) is 0. The molecule has 1 heterocycles. The third-order valence-corrected chi connectivity index (χ3v) is 2.01. The predicted molar refractivity (Wildman–Crippen MR) is 52.3 cm³/mol. The standard InChI is InChI=1S/C10H9NO3/c1-5-2-7-8(10(12)13)3-6(11)4-9(7)14-5/h2-4H,11H2,1H3,(H,12,13). The van der Waals surface area contributed by atoms with E-state index >= 15 is 0 Å². The Hall–Kier alpha value is -1.97. The largest absolute Gasteiger partial charge is 0.478 e. The maximum atomic E-state index is 10.9. The van der Waals surface area contributed by atoms with Crippen molar-refractivity contribution in [3.05, 3.63) is 29.5 Å². The highest BCUT2D eigenvalue weighted by molar-refractivity contribution is 6.03. The SMILES string of the molecule is Cc1cc2c(C(=O)O)cc(N)cc2o1. The van der Waals surface area contributed by atoms with Crippen LogP contribution < -0.4 is 5.73 Å². The minimum atomic E-state index is -0.997. The Morgan fingerprint density at radius 3 is 2.79 bits per heavy atom. The zero-order chi connectivity index (χ0) is 10.3. The highest BCUT2D eigenvalue weighted by Gasteiger charge is 2.12. The molecule has 0 amide bonds. The fraction of sp³-hybridized carbons (Fsp3) is 0.100. The van der Waals surface area contributed by atoms with Crippen molar-refractivity contribution in [2.24, 2.45) is 0 Å². The van der Waals surface area contributed by atoms with Gasteiger partial charge in [-0.1, -0.05) is 0 Å². The van der Waals surface area contributed by atoms with Gasteiger partial charge in [0, 0.05) is 17.1 Å².